The first-order valence-electron chi connectivity index (χ1n) is 5.05. The zero-order valence-electron chi connectivity index (χ0n) is 8.75. The van der Waals surface area contributed by atoms with Gasteiger partial charge in [-0.05, 0) is 5.56 Å². The Labute approximate surface area is 85.0 Å². The lowest BCUT2D eigenvalue weighted by atomic mass is 9.67. The van der Waals surface area contributed by atoms with E-state index < -0.39 is 5.60 Å². The molecule has 0 aliphatic carbocycles. The molecule has 2 rings (SSSR count). The molecule has 1 fully saturated rings. The maximum absolute atomic E-state index is 10.3. The SMILES string of the molecule is CC(C)(c1ccccc1)C1(O)CNC1. The molecule has 0 atom stereocenters. The fraction of sp³-hybridized carbons (Fsp3) is 0.500. The average Bonchev–Trinajstić information content (AvgIpc) is 2.15. The van der Waals surface area contributed by atoms with Gasteiger partial charge in [0, 0.05) is 18.5 Å². The molecule has 1 heterocycles. The molecule has 1 aromatic rings. The van der Waals surface area contributed by atoms with Crippen LogP contribution in [0.4, 0.5) is 0 Å². The molecule has 0 bridgehead atoms. The van der Waals surface area contributed by atoms with Crippen LogP contribution in [0.5, 0.6) is 0 Å². The van der Waals surface area contributed by atoms with Crippen LogP contribution in [0.25, 0.3) is 0 Å². The summed E-state index contributed by atoms with van der Waals surface area (Å²) in [5, 5.41) is 13.5. The smallest absolute Gasteiger partial charge is 0.0985 e. The summed E-state index contributed by atoms with van der Waals surface area (Å²) in [5.74, 6) is 0. The fourth-order valence-corrected chi connectivity index (χ4v) is 1.93. The molecule has 0 spiro atoms. The van der Waals surface area contributed by atoms with Crippen molar-refractivity contribution in [1.29, 1.82) is 0 Å². The minimum atomic E-state index is -0.589. The molecule has 0 radical (unpaired) electrons. The normalized spacial score (nSPS) is 20.2. The first kappa shape index (κ1) is 9.69. The lowest BCUT2D eigenvalue weighted by Gasteiger charge is -2.49. The third-order valence-corrected chi connectivity index (χ3v) is 3.49. The Morgan fingerprint density at radius 3 is 2.21 bits per heavy atom. The molecular weight excluding hydrogens is 174 g/mol. The van der Waals surface area contributed by atoms with E-state index in [2.05, 4.69) is 31.3 Å². The van der Waals surface area contributed by atoms with Crippen molar-refractivity contribution in [3.05, 3.63) is 35.9 Å². The summed E-state index contributed by atoms with van der Waals surface area (Å²) in [7, 11) is 0. The fourth-order valence-electron chi connectivity index (χ4n) is 1.93. The Bertz CT molecular complexity index is 314. The van der Waals surface area contributed by atoms with Crippen LogP contribution >= 0.6 is 0 Å². The van der Waals surface area contributed by atoms with E-state index in [-0.39, 0.29) is 5.41 Å². The highest BCUT2D eigenvalue weighted by Gasteiger charge is 2.48. The Morgan fingerprint density at radius 2 is 1.79 bits per heavy atom. The lowest BCUT2D eigenvalue weighted by Crippen LogP contribution is -2.68. The van der Waals surface area contributed by atoms with Gasteiger partial charge in [-0.15, -0.1) is 0 Å². The molecule has 1 aliphatic heterocycles. The van der Waals surface area contributed by atoms with E-state index >= 15 is 0 Å². The summed E-state index contributed by atoms with van der Waals surface area (Å²) < 4.78 is 0. The maximum atomic E-state index is 10.3. The summed E-state index contributed by atoms with van der Waals surface area (Å²) in [6.07, 6.45) is 0. The predicted molar refractivity (Wildman–Crippen MR) is 57.3 cm³/mol. The number of rotatable bonds is 2. The van der Waals surface area contributed by atoms with Gasteiger partial charge < -0.3 is 10.4 Å². The summed E-state index contributed by atoms with van der Waals surface area (Å²) in [5.41, 5.74) is 0.428. The summed E-state index contributed by atoms with van der Waals surface area (Å²) in [4.78, 5) is 0. The Balaban J connectivity index is 2.32. The number of benzene rings is 1. The third-order valence-electron chi connectivity index (χ3n) is 3.49. The molecule has 2 heteroatoms. The van der Waals surface area contributed by atoms with Gasteiger partial charge in [-0.25, -0.2) is 0 Å². The number of β-amino-alcohol motifs (C(OH)–C–C–N with tert-alkyl or cyclic N) is 1. The van der Waals surface area contributed by atoms with Crippen molar-refractivity contribution < 1.29 is 5.11 Å². The summed E-state index contributed by atoms with van der Waals surface area (Å²) in [6.45, 7) is 5.58. The van der Waals surface area contributed by atoms with Gasteiger partial charge in [-0.2, -0.15) is 0 Å². The molecule has 2 N–H and O–H groups in total. The van der Waals surface area contributed by atoms with Gasteiger partial charge >= 0.3 is 0 Å². The molecule has 1 aromatic carbocycles. The van der Waals surface area contributed by atoms with Crippen LogP contribution in [-0.4, -0.2) is 23.8 Å². The topological polar surface area (TPSA) is 32.3 Å². The van der Waals surface area contributed by atoms with E-state index in [0.717, 1.165) is 0 Å². The molecule has 1 aliphatic rings. The van der Waals surface area contributed by atoms with Gasteiger partial charge in [0.2, 0.25) is 0 Å². The maximum Gasteiger partial charge on any atom is 0.0985 e. The van der Waals surface area contributed by atoms with E-state index in [0.29, 0.717) is 13.1 Å². The summed E-state index contributed by atoms with van der Waals surface area (Å²) >= 11 is 0. The minimum absolute atomic E-state index is 0.181. The third kappa shape index (κ3) is 1.26. The zero-order valence-corrected chi connectivity index (χ0v) is 8.75. The Morgan fingerprint density at radius 1 is 1.21 bits per heavy atom. The minimum Gasteiger partial charge on any atom is -0.386 e. The Kier molecular flexibility index (Phi) is 2.13. The first-order valence-corrected chi connectivity index (χ1v) is 5.05. The predicted octanol–water partition coefficient (Wildman–Crippen LogP) is 1.30. The van der Waals surface area contributed by atoms with Crippen LogP contribution in [0.3, 0.4) is 0 Å². The molecule has 14 heavy (non-hydrogen) atoms. The van der Waals surface area contributed by atoms with Crippen molar-refractivity contribution in [3.8, 4) is 0 Å². The Hall–Kier alpha value is -0.860. The van der Waals surface area contributed by atoms with Crippen LogP contribution in [-0.2, 0) is 5.41 Å². The van der Waals surface area contributed by atoms with E-state index in [4.69, 9.17) is 0 Å². The number of hydrogen-bond donors (Lipinski definition) is 2. The highest BCUT2D eigenvalue weighted by Crippen LogP contribution is 2.37. The van der Waals surface area contributed by atoms with Gasteiger partial charge in [0.05, 0.1) is 5.60 Å². The second kappa shape index (κ2) is 3.07. The molecule has 0 saturated carbocycles. The van der Waals surface area contributed by atoms with Gasteiger partial charge in [-0.1, -0.05) is 44.2 Å². The largest absolute Gasteiger partial charge is 0.386 e. The second-order valence-corrected chi connectivity index (χ2v) is 4.63. The lowest BCUT2D eigenvalue weighted by molar-refractivity contribution is -0.0681. The van der Waals surface area contributed by atoms with Gasteiger partial charge in [-0.3, -0.25) is 0 Å². The van der Waals surface area contributed by atoms with Gasteiger partial charge in [0.15, 0.2) is 0 Å². The van der Waals surface area contributed by atoms with Crippen molar-refractivity contribution in [1.82, 2.24) is 5.32 Å². The van der Waals surface area contributed by atoms with Gasteiger partial charge in [0.1, 0.15) is 0 Å². The van der Waals surface area contributed by atoms with Crippen molar-refractivity contribution >= 4 is 0 Å². The number of aliphatic hydroxyl groups is 1. The van der Waals surface area contributed by atoms with Crippen molar-refractivity contribution in [2.24, 2.45) is 0 Å². The van der Waals surface area contributed by atoms with Crippen LogP contribution in [0.15, 0.2) is 30.3 Å². The van der Waals surface area contributed by atoms with Crippen LogP contribution in [0.1, 0.15) is 19.4 Å². The molecule has 0 unspecified atom stereocenters. The molecule has 0 amide bonds. The van der Waals surface area contributed by atoms with Crippen molar-refractivity contribution in [3.63, 3.8) is 0 Å². The van der Waals surface area contributed by atoms with E-state index in [1.807, 2.05) is 18.2 Å². The highest BCUT2D eigenvalue weighted by molar-refractivity contribution is 5.29. The van der Waals surface area contributed by atoms with Gasteiger partial charge in [0.25, 0.3) is 0 Å². The first-order chi connectivity index (χ1) is 6.56. The van der Waals surface area contributed by atoms with Crippen LogP contribution < -0.4 is 5.32 Å². The number of hydrogen-bond acceptors (Lipinski definition) is 2. The molecule has 0 aromatic heterocycles. The average molecular weight is 191 g/mol. The highest BCUT2D eigenvalue weighted by atomic mass is 16.3. The monoisotopic (exact) mass is 191 g/mol. The molecule has 2 nitrogen and oxygen atoms in total. The van der Waals surface area contributed by atoms with E-state index in [9.17, 15) is 5.11 Å². The van der Waals surface area contributed by atoms with Crippen molar-refractivity contribution in [2.75, 3.05) is 13.1 Å². The standard InChI is InChI=1S/C12H17NO/c1-11(2,12(14)8-13-9-12)10-6-4-3-5-7-10/h3-7,13-14H,8-9H2,1-2H3. The second-order valence-electron chi connectivity index (χ2n) is 4.63. The van der Waals surface area contributed by atoms with Crippen LogP contribution in [0.2, 0.25) is 0 Å². The van der Waals surface area contributed by atoms with E-state index in [1.165, 1.54) is 5.56 Å². The van der Waals surface area contributed by atoms with Crippen molar-refractivity contribution in [2.45, 2.75) is 24.9 Å². The zero-order chi connectivity index (χ0) is 10.2. The summed E-state index contributed by atoms with van der Waals surface area (Å²) in [6, 6.07) is 10.2. The van der Waals surface area contributed by atoms with Crippen LogP contribution in [0, 0.1) is 0 Å². The quantitative estimate of drug-likeness (QED) is 0.738. The molecular formula is C12H17NO. The number of nitrogens with one attached hydrogen (secondary N) is 1. The van der Waals surface area contributed by atoms with E-state index in [1.54, 1.807) is 0 Å². The molecule has 1 saturated heterocycles. The molecule has 76 valence electrons.